The van der Waals surface area contributed by atoms with Gasteiger partial charge in [-0.1, -0.05) is 6.07 Å². The monoisotopic (exact) mass is 350 g/mol. The Morgan fingerprint density at radius 3 is 2.94 bits per heavy atom. The van der Waals surface area contributed by atoms with E-state index in [9.17, 15) is 0 Å². The van der Waals surface area contributed by atoms with Crippen LogP contribution in [0.1, 0.15) is 19.4 Å². The van der Waals surface area contributed by atoms with Crippen LogP contribution in [-0.4, -0.2) is 19.7 Å². The van der Waals surface area contributed by atoms with E-state index < -0.39 is 0 Å². The number of benzene rings is 1. The van der Waals surface area contributed by atoms with Crippen molar-refractivity contribution in [1.82, 2.24) is 0 Å². The van der Waals surface area contributed by atoms with Crippen LogP contribution in [0.2, 0.25) is 0 Å². The van der Waals surface area contributed by atoms with E-state index >= 15 is 0 Å². The summed E-state index contributed by atoms with van der Waals surface area (Å²) in [6.45, 7) is 5.30. The maximum absolute atomic E-state index is 5.59. The smallest absolute Gasteiger partial charge is 0.231 e. The van der Waals surface area contributed by atoms with Gasteiger partial charge in [-0.2, -0.15) is 0 Å². The second-order valence-electron chi connectivity index (χ2n) is 3.61. The second kappa shape index (κ2) is 5.88. The predicted octanol–water partition coefficient (Wildman–Crippen LogP) is 2.92. The van der Waals surface area contributed by atoms with Crippen LogP contribution in [0.25, 0.3) is 0 Å². The minimum absolute atomic E-state index is 0.193. The van der Waals surface area contributed by atoms with Crippen molar-refractivity contribution in [3.63, 3.8) is 0 Å². The van der Waals surface area contributed by atoms with Gasteiger partial charge in [-0.15, -0.1) is 0 Å². The molecule has 1 aromatic rings. The van der Waals surface area contributed by atoms with Crippen LogP contribution in [-0.2, 0) is 16.1 Å². The summed E-state index contributed by atoms with van der Waals surface area (Å²) in [6, 6.07) is 3.91. The fraction of sp³-hybridized carbons (Fsp3) is 0.500. The van der Waals surface area contributed by atoms with Crippen molar-refractivity contribution in [2.45, 2.75) is 26.7 Å². The molecule has 0 aromatic heterocycles. The van der Waals surface area contributed by atoms with E-state index in [4.69, 9.17) is 18.9 Å². The van der Waals surface area contributed by atoms with Crippen molar-refractivity contribution >= 4 is 22.6 Å². The lowest BCUT2D eigenvalue weighted by molar-refractivity contribution is -0.134. The first-order valence-corrected chi connectivity index (χ1v) is 6.60. The zero-order chi connectivity index (χ0) is 12.3. The molecule has 17 heavy (non-hydrogen) atoms. The first kappa shape index (κ1) is 12.9. The van der Waals surface area contributed by atoms with Gasteiger partial charge in [0, 0.05) is 6.61 Å². The molecule has 4 nitrogen and oxygen atoms in total. The van der Waals surface area contributed by atoms with Crippen LogP contribution in [0.5, 0.6) is 11.5 Å². The van der Waals surface area contributed by atoms with Crippen LogP contribution in [0.15, 0.2) is 12.1 Å². The highest BCUT2D eigenvalue weighted by molar-refractivity contribution is 14.1. The van der Waals surface area contributed by atoms with Crippen LogP contribution < -0.4 is 9.47 Å². The maximum Gasteiger partial charge on any atom is 0.231 e. The molecule has 1 unspecified atom stereocenters. The van der Waals surface area contributed by atoms with Crippen molar-refractivity contribution in [1.29, 1.82) is 0 Å². The molecule has 5 heteroatoms. The first-order valence-electron chi connectivity index (χ1n) is 5.52. The van der Waals surface area contributed by atoms with Crippen LogP contribution in [0.4, 0.5) is 0 Å². The molecule has 2 rings (SSSR count). The molecule has 1 heterocycles. The molecule has 1 atom stereocenters. The Labute approximate surface area is 114 Å². The molecular weight excluding hydrogens is 335 g/mol. The molecule has 0 N–H and O–H groups in total. The number of hydrogen-bond acceptors (Lipinski definition) is 4. The van der Waals surface area contributed by atoms with E-state index in [0.29, 0.717) is 20.0 Å². The Kier molecular flexibility index (Phi) is 4.47. The minimum atomic E-state index is -0.193. The minimum Gasteiger partial charge on any atom is -0.454 e. The summed E-state index contributed by atoms with van der Waals surface area (Å²) >= 11 is 2.25. The summed E-state index contributed by atoms with van der Waals surface area (Å²) < 4.78 is 22.7. The molecule has 1 aromatic carbocycles. The molecule has 1 aliphatic heterocycles. The molecule has 1 aliphatic rings. The van der Waals surface area contributed by atoms with E-state index in [1.807, 2.05) is 26.0 Å². The molecule has 0 aliphatic carbocycles. The van der Waals surface area contributed by atoms with Gasteiger partial charge in [0.1, 0.15) is 0 Å². The summed E-state index contributed by atoms with van der Waals surface area (Å²) in [5, 5.41) is 0. The van der Waals surface area contributed by atoms with Gasteiger partial charge < -0.3 is 18.9 Å². The number of fused-ring (bicyclic) bond motifs is 1. The van der Waals surface area contributed by atoms with Gasteiger partial charge in [0.2, 0.25) is 6.79 Å². The summed E-state index contributed by atoms with van der Waals surface area (Å²) in [6.07, 6.45) is -0.193. The normalized spacial score (nSPS) is 15.0. The lowest BCUT2D eigenvalue weighted by Gasteiger charge is -2.14. The first-order chi connectivity index (χ1) is 8.22. The Morgan fingerprint density at radius 2 is 2.18 bits per heavy atom. The number of halogens is 1. The Hall–Kier alpha value is -0.530. The quantitative estimate of drug-likeness (QED) is 0.605. The number of hydrogen-bond donors (Lipinski definition) is 0. The maximum atomic E-state index is 5.59. The zero-order valence-corrected chi connectivity index (χ0v) is 12.0. The standard InChI is InChI=1S/C12H15IO4/c1-3-14-8(2)15-6-9-4-5-10-12(11(9)13)17-7-16-10/h4-5,8H,3,6-7H2,1-2H3. The number of ether oxygens (including phenoxy) is 4. The highest BCUT2D eigenvalue weighted by Gasteiger charge is 2.19. The fourth-order valence-electron chi connectivity index (χ4n) is 1.58. The molecule has 0 fully saturated rings. The average molecular weight is 350 g/mol. The fourth-order valence-corrected chi connectivity index (χ4v) is 2.34. The van der Waals surface area contributed by atoms with E-state index in [-0.39, 0.29) is 6.29 Å². The van der Waals surface area contributed by atoms with E-state index in [0.717, 1.165) is 20.6 Å². The Morgan fingerprint density at radius 1 is 1.35 bits per heavy atom. The lowest BCUT2D eigenvalue weighted by atomic mass is 10.2. The van der Waals surface area contributed by atoms with Gasteiger partial charge in [-0.3, -0.25) is 0 Å². The van der Waals surface area contributed by atoms with E-state index in [2.05, 4.69) is 22.6 Å². The summed E-state index contributed by atoms with van der Waals surface area (Å²) in [4.78, 5) is 0. The molecule has 0 saturated heterocycles. The van der Waals surface area contributed by atoms with Crippen molar-refractivity contribution in [3.8, 4) is 11.5 Å². The largest absolute Gasteiger partial charge is 0.454 e. The van der Waals surface area contributed by atoms with Crippen molar-refractivity contribution in [3.05, 3.63) is 21.3 Å². The number of rotatable bonds is 5. The van der Waals surface area contributed by atoms with Crippen molar-refractivity contribution in [2.75, 3.05) is 13.4 Å². The third-order valence-corrected chi connectivity index (χ3v) is 3.62. The SMILES string of the molecule is CCOC(C)OCc1ccc2c(c1I)OCO2. The molecule has 94 valence electrons. The van der Waals surface area contributed by atoms with Crippen LogP contribution >= 0.6 is 22.6 Å². The summed E-state index contributed by atoms with van der Waals surface area (Å²) in [5.41, 5.74) is 1.08. The highest BCUT2D eigenvalue weighted by Crippen LogP contribution is 2.38. The Balaban J connectivity index is 2.02. The van der Waals surface area contributed by atoms with Gasteiger partial charge in [-0.25, -0.2) is 0 Å². The van der Waals surface area contributed by atoms with Crippen LogP contribution in [0.3, 0.4) is 0 Å². The second-order valence-corrected chi connectivity index (χ2v) is 4.69. The van der Waals surface area contributed by atoms with Crippen molar-refractivity contribution in [2.24, 2.45) is 0 Å². The van der Waals surface area contributed by atoms with Crippen LogP contribution in [0, 0.1) is 3.57 Å². The molecule has 0 spiro atoms. The molecule has 0 radical (unpaired) electrons. The topological polar surface area (TPSA) is 36.9 Å². The average Bonchev–Trinajstić information content (AvgIpc) is 2.77. The molecular formula is C12H15IO4. The van der Waals surface area contributed by atoms with Crippen molar-refractivity contribution < 1.29 is 18.9 Å². The van der Waals surface area contributed by atoms with E-state index in [1.54, 1.807) is 0 Å². The predicted molar refractivity (Wildman–Crippen MR) is 71.2 cm³/mol. The summed E-state index contributed by atoms with van der Waals surface area (Å²) in [7, 11) is 0. The molecule has 0 saturated carbocycles. The van der Waals surface area contributed by atoms with Gasteiger partial charge in [0.15, 0.2) is 17.8 Å². The summed E-state index contributed by atoms with van der Waals surface area (Å²) in [5.74, 6) is 1.62. The van der Waals surface area contributed by atoms with Gasteiger partial charge >= 0.3 is 0 Å². The molecule has 0 amide bonds. The zero-order valence-electron chi connectivity index (χ0n) is 9.86. The third-order valence-electron chi connectivity index (χ3n) is 2.43. The van der Waals surface area contributed by atoms with Gasteiger partial charge in [-0.05, 0) is 48.1 Å². The van der Waals surface area contributed by atoms with E-state index in [1.165, 1.54) is 0 Å². The van der Waals surface area contributed by atoms with Gasteiger partial charge in [0.25, 0.3) is 0 Å². The highest BCUT2D eigenvalue weighted by atomic mass is 127. The Bertz CT molecular complexity index is 394. The third kappa shape index (κ3) is 3.02. The lowest BCUT2D eigenvalue weighted by Crippen LogP contribution is -2.12. The molecule has 0 bridgehead atoms. The van der Waals surface area contributed by atoms with Gasteiger partial charge in [0.05, 0.1) is 10.2 Å².